The van der Waals surface area contributed by atoms with Crippen molar-refractivity contribution in [1.29, 1.82) is 0 Å². The minimum absolute atomic E-state index is 0.0114. The largest absolute Gasteiger partial charge is 0.468 e. The molecule has 3 atom stereocenters. The van der Waals surface area contributed by atoms with Crippen molar-refractivity contribution >= 4 is 33.6 Å². The van der Waals surface area contributed by atoms with Crippen LogP contribution in [-0.4, -0.2) is 122 Å². The van der Waals surface area contributed by atoms with Crippen LogP contribution in [-0.2, 0) is 18.9 Å². The molecular formula is C46H54F2N6O7. The molecule has 6 heterocycles. The summed E-state index contributed by atoms with van der Waals surface area (Å²) in [7, 11) is 4.84. The number of amides is 1. The Morgan fingerprint density at radius 2 is 1.90 bits per heavy atom. The Balaban J connectivity index is 1.08. The molecule has 5 fully saturated rings. The van der Waals surface area contributed by atoms with Crippen molar-refractivity contribution < 1.29 is 42.0 Å². The van der Waals surface area contributed by atoms with Crippen molar-refractivity contribution in [2.24, 2.45) is 5.41 Å². The van der Waals surface area contributed by atoms with E-state index in [9.17, 15) is 4.79 Å². The first-order chi connectivity index (χ1) is 29.6. The van der Waals surface area contributed by atoms with Crippen LogP contribution in [0.4, 0.5) is 19.4 Å². The summed E-state index contributed by atoms with van der Waals surface area (Å²) in [5, 5.41) is 1.32. The molecule has 1 spiro atoms. The van der Waals surface area contributed by atoms with Crippen LogP contribution in [0.25, 0.3) is 32.9 Å². The number of fused-ring (bicyclic) bond motifs is 3. The molecule has 2 aromatic heterocycles. The number of methoxy groups -OCH3 is 1. The number of pyridine rings is 1. The van der Waals surface area contributed by atoms with E-state index in [2.05, 4.69) is 15.7 Å². The molecule has 13 nitrogen and oxygen atoms in total. The number of carbonyl (C=O) groups excluding carboxylic acids is 1. The molecule has 1 aliphatic carbocycles. The van der Waals surface area contributed by atoms with E-state index in [1.807, 2.05) is 0 Å². The van der Waals surface area contributed by atoms with Crippen molar-refractivity contribution in [1.82, 2.24) is 24.8 Å². The number of halogens is 2. The summed E-state index contributed by atoms with van der Waals surface area (Å²) in [5.74, 6) is 2.06. The fourth-order valence-electron chi connectivity index (χ4n) is 10.5. The van der Waals surface area contributed by atoms with Gasteiger partial charge in [-0.1, -0.05) is 12.0 Å². The van der Waals surface area contributed by atoms with Crippen molar-refractivity contribution in [3.05, 3.63) is 47.7 Å². The summed E-state index contributed by atoms with van der Waals surface area (Å²) in [5.41, 5.74) is -0.0665. The van der Waals surface area contributed by atoms with Crippen molar-refractivity contribution in [3.63, 3.8) is 0 Å². The molecule has 1 saturated carbocycles. The van der Waals surface area contributed by atoms with E-state index in [4.69, 9.17) is 49.8 Å². The third kappa shape index (κ3) is 8.04. The van der Waals surface area contributed by atoms with E-state index >= 15 is 8.78 Å². The third-order valence-corrected chi connectivity index (χ3v) is 13.5. The number of carbonyl (C=O) groups is 1. The number of piperidine rings is 1. The van der Waals surface area contributed by atoms with Crippen LogP contribution in [0.3, 0.4) is 0 Å². The molecular weight excluding hydrogens is 787 g/mol. The van der Waals surface area contributed by atoms with Gasteiger partial charge in [0.25, 0.3) is 0 Å². The average molecular weight is 841 g/mol. The van der Waals surface area contributed by atoms with Crippen molar-refractivity contribution in [2.45, 2.75) is 94.6 Å². The maximum Gasteiger partial charge on any atom is 0.409 e. The minimum atomic E-state index is -0.718. The first-order valence-electron chi connectivity index (χ1n) is 21.6. The number of hydrogen-bond acceptors (Lipinski definition) is 12. The van der Waals surface area contributed by atoms with Crippen molar-refractivity contribution in [3.8, 4) is 35.4 Å². The molecule has 9 rings (SSSR count). The number of benzene rings is 2. The van der Waals surface area contributed by atoms with Crippen LogP contribution in [0.2, 0.25) is 0 Å². The second-order valence-corrected chi connectivity index (χ2v) is 17.7. The van der Waals surface area contributed by atoms with Crippen LogP contribution < -0.4 is 14.4 Å². The summed E-state index contributed by atoms with van der Waals surface area (Å²) in [4.78, 5) is 32.9. The number of nitrogens with zero attached hydrogens (tertiary/aromatic N) is 6. The standard InChI is InChI=1S/C46H54F2N6O7/c1-5-33-36(47)12-11-29-20-31(60-28-56-4)21-34(38(29)33)40-39(48)41-35(24-49-40)42(53-17-8-14-45(26-53)22-32(23-45)61-37-10-6-7-19-57-37)51-43(50-41)59-27-46-15-9-18-54(46)30(13-16-46)25-58-44(55)52(2)3/h1,11-12,20-21,24,30,32,37H,6-10,13-19,22-23,25-28H2,2-4H3/t30-,32?,37?,45?,46+/m0/s1. The third-order valence-electron chi connectivity index (χ3n) is 13.5. The van der Waals surface area contributed by atoms with Crippen molar-refractivity contribution in [2.75, 3.05) is 72.4 Å². The molecule has 4 saturated heterocycles. The summed E-state index contributed by atoms with van der Waals surface area (Å²) < 4.78 is 68.2. The Kier molecular flexibility index (Phi) is 11.6. The summed E-state index contributed by atoms with van der Waals surface area (Å²) >= 11 is 0. The molecule has 1 unspecified atom stereocenters. The quantitative estimate of drug-likeness (QED) is 0.104. The maximum atomic E-state index is 17.5. The zero-order chi connectivity index (χ0) is 42.3. The highest BCUT2D eigenvalue weighted by Gasteiger charge is 2.51. The fraction of sp³-hybridized carbons (Fsp3) is 0.565. The molecule has 324 valence electrons. The summed E-state index contributed by atoms with van der Waals surface area (Å²) in [6.07, 6.45) is 17.6. The topological polar surface area (TPSA) is 121 Å². The zero-order valence-corrected chi connectivity index (χ0v) is 35.2. The molecule has 4 aliphatic heterocycles. The van der Waals surface area contributed by atoms with Crippen LogP contribution in [0, 0.1) is 29.4 Å². The van der Waals surface area contributed by atoms with E-state index in [0.717, 1.165) is 83.8 Å². The molecule has 5 aliphatic rings. The summed E-state index contributed by atoms with van der Waals surface area (Å²) in [6.45, 7) is 3.56. The van der Waals surface area contributed by atoms with Gasteiger partial charge in [0.05, 0.1) is 22.6 Å². The van der Waals surface area contributed by atoms with Gasteiger partial charge in [-0.05, 0) is 106 Å². The van der Waals surface area contributed by atoms with E-state index in [-0.39, 0.29) is 77.2 Å². The van der Waals surface area contributed by atoms with Crippen LogP contribution in [0.15, 0.2) is 30.5 Å². The van der Waals surface area contributed by atoms with Gasteiger partial charge in [-0.2, -0.15) is 9.97 Å². The zero-order valence-electron chi connectivity index (χ0n) is 35.2. The highest BCUT2D eigenvalue weighted by Crippen LogP contribution is 2.51. The highest BCUT2D eigenvalue weighted by molar-refractivity contribution is 6.03. The smallest absolute Gasteiger partial charge is 0.409 e. The number of terminal acetylenes is 1. The number of rotatable bonds is 12. The molecule has 0 radical (unpaired) electrons. The predicted octanol–water partition coefficient (Wildman–Crippen LogP) is 7.45. The number of ether oxygens (including phenoxy) is 6. The van der Waals surface area contributed by atoms with Gasteiger partial charge in [-0.3, -0.25) is 9.88 Å². The molecule has 61 heavy (non-hydrogen) atoms. The van der Waals surface area contributed by atoms with Crippen LogP contribution in [0.1, 0.15) is 76.2 Å². The second kappa shape index (κ2) is 17.1. The lowest BCUT2D eigenvalue weighted by Gasteiger charge is -2.53. The SMILES string of the molecule is C#Cc1c(F)ccc2cc(OCOC)cc(-c3ncc4c(N5CCCC6(CC(OC7CCCCO7)C6)C5)nc(OC[C@]56CCCN5[C@H](COC(=O)N(C)C)CC6)nc4c3F)c12. The monoisotopic (exact) mass is 840 g/mol. The minimum Gasteiger partial charge on any atom is -0.468 e. The normalized spacial score (nSPS) is 26.3. The first-order valence-corrected chi connectivity index (χ1v) is 21.6. The van der Waals surface area contributed by atoms with Gasteiger partial charge in [-0.25, -0.2) is 13.6 Å². The van der Waals surface area contributed by atoms with Gasteiger partial charge in [0, 0.05) is 64.1 Å². The van der Waals surface area contributed by atoms with E-state index in [1.54, 1.807) is 38.5 Å². The number of aromatic nitrogens is 3. The Bertz CT molecular complexity index is 2330. The van der Waals surface area contributed by atoms with Crippen LogP contribution in [0.5, 0.6) is 11.8 Å². The molecule has 2 aromatic carbocycles. The van der Waals surface area contributed by atoms with E-state index in [0.29, 0.717) is 47.4 Å². The van der Waals surface area contributed by atoms with Crippen LogP contribution >= 0.6 is 0 Å². The Hall–Kier alpha value is -4.88. The lowest BCUT2D eigenvalue weighted by Crippen LogP contribution is -2.54. The van der Waals surface area contributed by atoms with Gasteiger partial charge in [0.1, 0.15) is 41.8 Å². The number of anilines is 1. The van der Waals surface area contributed by atoms with Gasteiger partial charge >= 0.3 is 12.1 Å². The molecule has 4 aromatic rings. The van der Waals surface area contributed by atoms with Gasteiger partial charge < -0.3 is 38.2 Å². The Morgan fingerprint density at radius 1 is 1.05 bits per heavy atom. The average Bonchev–Trinajstić information content (AvgIpc) is 3.83. The first kappa shape index (κ1) is 41.5. The summed E-state index contributed by atoms with van der Waals surface area (Å²) in [6, 6.07) is 6.29. The number of hydrogen-bond donors (Lipinski definition) is 0. The lowest BCUT2D eigenvalue weighted by molar-refractivity contribution is -0.223. The van der Waals surface area contributed by atoms with E-state index in [1.165, 1.54) is 18.1 Å². The Morgan fingerprint density at radius 3 is 2.69 bits per heavy atom. The molecule has 0 bridgehead atoms. The lowest BCUT2D eigenvalue weighted by atomic mass is 9.62. The molecule has 0 N–H and O–H groups in total. The van der Waals surface area contributed by atoms with E-state index < -0.39 is 11.6 Å². The molecule has 15 heteroatoms. The fourth-order valence-corrected chi connectivity index (χ4v) is 10.5. The van der Waals surface area contributed by atoms with Gasteiger partial charge in [0.15, 0.2) is 18.9 Å². The molecule has 1 amide bonds. The second-order valence-electron chi connectivity index (χ2n) is 17.7. The van der Waals surface area contributed by atoms with Gasteiger partial charge in [-0.15, -0.1) is 6.42 Å². The Labute approximate surface area is 355 Å². The van der Waals surface area contributed by atoms with Gasteiger partial charge in [0.2, 0.25) is 0 Å². The highest BCUT2D eigenvalue weighted by atomic mass is 19.1. The maximum absolute atomic E-state index is 17.5. The predicted molar refractivity (Wildman–Crippen MR) is 224 cm³/mol.